The number of nitrogens with zero attached hydrogens (tertiary/aromatic N) is 4. The third kappa shape index (κ3) is 2.20. The number of ether oxygens (including phenoxy) is 1. The Labute approximate surface area is 153 Å². The van der Waals surface area contributed by atoms with Crippen LogP contribution in [0.3, 0.4) is 0 Å². The van der Waals surface area contributed by atoms with Gasteiger partial charge in [-0.25, -0.2) is 9.97 Å². The van der Waals surface area contributed by atoms with Crippen LogP contribution in [0.5, 0.6) is 0 Å². The molecule has 2 aromatic rings. The molecule has 6 heteroatoms. The summed E-state index contributed by atoms with van der Waals surface area (Å²) in [5, 5.41) is 1.25. The number of hydrogen-bond donors (Lipinski definition) is 0. The second kappa shape index (κ2) is 5.38. The van der Waals surface area contributed by atoms with Crippen molar-refractivity contribution in [2.45, 2.75) is 38.4 Å². The number of aryl methyl sites for hydroxylation is 2. The molecule has 3 aliphatic heterocycles. The fourth-order valence-corrected chi connectivity index (χ4v) is 6.41. The zero-order valence-corrected chi connectivity index (χ0v) is 16.3. The van der Waals surface area contributed by atoms with Gasteiger partial charge in [0.2, 0.25) is 0 Å². The van der Waals surface area contributed by atoms with Crippen LogP contribution >= 0.6 is 11.3 Å². The molecular formula is C19H26N4OS. The molecule has 0 N–H and O–H groups in total. The van der Waals surface area contributed by atoms with Crippen LogP contribution in [-0.2, 0) is 4.74 Å². The molecule has 5 nitrogen and oxygen atoms in total. The van der Waals surface area contributed by atoms with E-state index in [-0.39, 0.29) is 5.60 Å². The summed E-state index contributed by atoms with van der Waals surface area (Å²) in [7, 11) is 4.35. The summed E-state index contributed by atoms with van der Waals surface area (Å²) in [5.74, 6) is 2.39. The van der Waals surface area contributed by atoms with E-state index in [4.69, 9.17) is 9.72 Å². The smallest absolute Gasteiger partial charge is 0.141 e. The molecule has 0 unspecified atom stereocenters. The highest BCUT2D eigenvalue weighted by Gasteiger charge is 2.63. The van der Waals surface area contributed by atoms with Gasteiger partial charge in [0.05, 0.1) is 17.1 Å². The van der Waals surface area contributed by atoms with Gasteiger partial charge in [-0.15, -0.1) is 11.3 Å². The number of rotatable bonds is 3. The minimum Gasteiger partial charge on any atom is -0.369 e. The van der Waals surface area contributed by atoms with E-state index in [0.717, 1.165) is 30.3 Å². The maximum atomic E-state index is 6.59. The lowest BCUT2D eigenvalue weighted by atomic mass is 9.73. The van der Waals surface area contributed by atoms with Crippen molar-refractivity contribution < 1.29 is 4.74 Å². The predicted octanol–water partition coefficient (Wildman–Crippen LogP) is 2.85. The van der Waals surface area contributed by atoms with Crippen LogP contribution in [0.2, 0.25) is 0 Å². The number of aromatic nitrogens is 2. The summed E-state index contributed by atoms with van der Waals surface area (Å²) in [6.45, 7) is 7.56. The van der Waals surface area contributed by atoms with Crippen LogP contribution < -0.4 is 4.90 Å². The molecule has 3 fully saturated rings. The molecule has 0 aliphatic carbocycles. The topological polar surface area (TPSA) is 41.5 Å². The molecular weight excluding hydrogens is 332 g/mol. The Morgan fingerprint density at radius 3 is 3.00 bits per heavy atom. The zero-order valence-electron chi connectivity index (χ0n) is 15.5. The van der Waals surface area contributed by atoms with Crippen LogP contribution in [0.25, 0.3) is 10.2 Å². The highest BCUT2D eigenvalue weighted by molar-refractivity contribution is 7.18. The maximum Gasteiger partial charge on any atom is 0.141 e. The van der Waals surface area contributed by atoms with Gasteiger partial charge in [0.15, 0.2) is 0 Å². The third-order valence-electron chi connectivity index (χ3n) is 6.60. The van der Waals surface area contributed by atoms with Gasteiger partial charge in [0.25, 0.3) is 0 Å². The lowest BCUT2D eigenvalue weighted by Crippen LogP contribution is -2.40. The molecule has 134 valence electrons. The van der Waals surface area contributed by atoms with Crippen LogP contribution in [0.15, 0.2) is 6.33 Å². The van der Waals surface area contributed by atoms with Crippen molar-refractivity contribution in [3.8, 4) is 0 Å². The molecule has 2 bridgehead atoms. The maximum absolute atomic E-state index is 6.59. The first-order valence-electron chi connectivity index (χ1n) is 9.27. The van der Waals surface area contributed by atoms with E-state index in [1.165, 1.54) is 28.7 Å². The summed E-state index contributed by atoms with van der Waals surface area (Å²) in [6, 6.07) is 0. The van der Waals surface area contributed by atoms with Gasteiger partial charge in [-0.1, -0.05) is 0 Å². The number of thiophene rings is 1. The van der Waals surface area contributed by atoms with Crippen LogP contribution in [0, 0.1) is 25.7 Å². The van der Waals surface area contributed by atoms with Gasteiger partial charge in [-0.3, -0.25) is 0 Å². The molecule has 0 radical (unpaired) electrons. The van der Waals surface area contributed by atoms with Gasteiger partial charge in [0, 0.05) is 36.3 Å². The summed E-state index contributed by atoms with van der Waals surface area (Å²) >= 11 is 1.78. The Kier molecular flexibility index (Phi) is 3.44. The summed E-state index contributed by atoms with van der Waals surface area (Å²) < 4.78 is 6.59. The summed E-state index contributed by atoms with van der Waals surface area (Å²) in [6.07, 6.45) is 4.62. The van der Waals surface area contributed by atoms with Gasteiger partial charge in [0.1, 0.15) is 17.0 Å². The van der Waals surface area contributed by atoms with Crippen molar-refractivity contribution in [1.29, 1.82) is 0 Å². The molecule has 0 amide bonds. The van der Waals surface area contributed by atoms with Crippen molar-refractivity contribution in [2.24, 2.45) is 11.8 Å². The summed E-state index contributed by atoms with van der Waals surface area (Å²) in [4.78, 5) is 16.5. The monoisotopic (exact) mass is 358 g/mol. The van der Waals surface area contributed by atoms with Gasteiger partial charge < -0.3 is 14.5 Å². The van der Waals surface area contributed by atoms with E-state index in [0.29, 0.717) is 17.9 Å². The van der Waals surface area contributed by atoms with E-state index < -0.39 is 0 Å². The fraction of sp³-hybridized carbons (Fsp3) is 0.684. The molecule has 3 saturated heterocycles. The lowest BCUT2D eigenvalue weighted by molar-refractivity contribution is 0.0136. The average molecular weight is 359 g/mol. The average Bonchev–Trinajstić information content (AvgIpc) is 3.28. The van der Waals surface area contributed by atoms with Gasteiger partial charge in [-0.2, -0.15) is 0 Å². The Bertz CT molecular complexity index is 834. The van der Waals surface area contributed by atoms with Crippen molar-refractivity contribution in [1.82, 2.24) is 14.9 Å². The summed E-state index contributed by atoms with van der Waals surface area (Å²) in [5.41, 5.74) is 1.39. The fourth-order valence-electron chi connectivity index (χ4n) is 5.42. The first-order valence-corrected chi connectivity index (χ1v) is 10.1. The van der Waals surface area contributed by atoms with E-state index in [1.807, 2.05) is 0 Å². The molecule has 25 heavy (non-hydrogen) atoms. The van der Waals surface area contributed by atoms with E-state index in [2.05, 4.69) is 42.7 Å². The second-order valence-electron chi connectivity index (χ2n) is 8.33. The first-order chi connectivity index (χ1) is 12.0. The molecule has 1 spiro atoms. The van der Waals surface area contributed by atoms with Crippen molar-refractivity contribution >= 4 is 27.4 Å². The second-order valence-corrected chi connectivity index (χ2v) is 9.54. The normalized spacial score (nSPS) is 33.8. The molecule has 0 saturated carbocycles. The molecule has 5 heterocycles. The third-order valence-corrected chi connectivity index (χ3v) is 7.72. The quantitative estimate of drug-likeness (QED) is 0.844. The molecule has 2 aromatic heterocycles. The molecule has 4 atom stereocenters. The highest BCUT2D eigenvalue weighted by atomic mass is 32.1. The Balaban J connectivity index is 1.52. The molecule has 5 rings (SSSR count). The Hall–Kier alpha value is -1.24. The standard InChI is InChI=1S/C19H26N4OS/c1-11-12(2)25-18-16(11)17(20-10-21-18)23-8-14-13(7-22(3)4)15-5-6-19(14,9-23)24-15/h10,13-15H,5-9H2,1-4H3/t13-,14+,15+,19+/m0/s1. The SMILES string of the molecule is Cc1sc2ncnc(N3C[C@@H]4[C@H](CN(C)C)[C@H]5CC[C@]4(C3)O5)c2c1C. The van der Waals surface area contributed by atoms with E-state index in [9.17, 15) is 0 Å². The van der Waals surface area contributed by atoms with Crippen LogP contribution in [-0.4, -0.2) is 60.3 Å². The first kappa shape index (κ1) is 16.0. The van der Waals surface area contributed by atoms with Crippen molar-refractivity contribution in [3.63, 3.8) is 0 Å². The zero-order chi connectivity index (χ0) is 17.3. The van der Waals surface area contributed by atoms with Gasteiger partial charge >= 0.3 is 0 Å². The van der Waals surface area contributed by atoms with E-state index in [1.54, 1.807) is 17.7 Å². The highest BCUT2D eigenvalue weighted by Crippen LogP contribution is 2.55. The minimum absolute atomic E-state index is 0.0571. The molecule has 3 aliphatic rings. The van der Waals surface area contributed by atoms with Gasteiger partial charge in [-0.05, 0) is 46.3 Å². The number of hydrogen-bond acceptors (Lipinski definition) is 6. The van der Waals surface area contributed by atoms with E-state index >= 15 is 0 Å². The van der Waals surface area contributed by atoms with Crippen molar-refractivity contribution in [3.05, 3.63) is 16.8 Å². The van der Waals surface area contributed by atoms with Crippen LogP contribution in [0.4, 0.5) is 5.82 Å². The largest absolute Gasteiger partial charge is 0.369 e. The predicted molar refractivity (Wildman–Crippen MR) is 101 cm³/mol. The number of fused-ring (bicyclic) bond motifs is 2. The number of anilines is 1. The van der Waals surface area contributed by atoms with Crippen LogP contribution in [0.1, 0.15) is 23.3 Å². The minimum atomic E-state index is 0.0571. The van der Waals surface area contributed by atoms with Crippen molar-refractivity contribution in [2.75, 3.05) is 38.6 Å². The Morgan fingerprint density at radius 2 is 2.20 bits per heavy atom. The Morgan fingerprint density at radius 1 is 1.36 bits per heavy atom. The lowest BCUT2D eigenvalue weighted by Gasteiger charge is -2.30. The molecule has 0 aromatic carbocycles.